The molecule has 0 aromatic heterocycles. The van der Waals surface area contributed by atoms with E-state index in [1.54, 1.807) is 12.1 Å². The predicted molar refractivity (Wildman–Crippen MR) is 70.9 cm³/mol. The molecule has 18 heavy (non-hydrogen) atoms. The Balaban J connectivity index is 1.87. The SMILES string of the molecule is C[C@@H](NCC1(O)CCCCC1)c1ccc(F)cc1. The second-order valence-electron chi connectivity index (χ2n) is 5.44. The molecule has 0 heterocycles. The summed E-state index contributed by atoms with van der Waals surface area (Å²) in [5.41, 5.74) is 0.503. The van der Waals surface area contributed by atoms with Gasteiger partial charge in [-0.2, -0.15) is 0 Å². The van der Waals surface area contributed by atoms with E-state index in [1.807, 2.05) is 6.92 Å². The van der Waals surface area contributed by atoms with E-state index in [-0.39, 0.29) is 11.9 Å². The van der Waals surface area contributed by atoms with E-state index in [9.17, 15) is 9.50 Å². The maximum absolute atomic E-state index is 12.8. The van der Waals surface area contributed by atoms with Gasteiger partial charge < -0.3 is 10.4 Å². The second-order valence-corrected chi connectivity index (χ2v) is 5.44. The zero-order valence-corrected chi connectivity index (χ0v) is 11.0. The zero-order chi connectivity index (χ0) is 13.0. The number of nitrogens with one attached hydrogen (secondary N) is 1. The van der Waals surface area contributed by atoms with Gasteiger partial charge in [-0.25, -0.2) is 4.39 Å². The molecule has 1 aliphatic carbocycles. The fourth-order valence-corrected chi connectivity index (χ4v) is 2.60. The summed E-state index contributed by atoms with van der Waals surface area (Å²) in [5, 5.41) is 13.7. The van der Waals surface area contributed by atoms with Crippen LogP contribution >= 0.6 is 0 Å². The van der Waals surface area contributed by atoms with Crippen LogP contribution in [0.1, 0.15) is 50.6 Å². The maximum Gasteiger partial charge on any atom is 0.123 e. The van der Waals surface area contributed by atoms with Crippen LogP contribution in [0.25, 0.3) is 0 Å². The molecule has 0 bridgehead atoms. The van der Waals surface area contributed by atoms with Gasteiger partial charge in [0.05, 0.1) is 5.60 Å². The summed E-state index contributed by atoms with van der Waals surface area (Å²) in [7, 11) is 0. The minimum Gasteiger partial charge on any atom is -0.389 e. The van der Waals surface area contributed by atoms with Gasteiger partial charge in [0.15, 0.2) is 0 Å². The van der Waals surface area contributed by atoms with Crippen molar-refractivity contribution in [3.05, 3.63) is 35.6 Å². The second kappa shape index (κ2) is 5.81. The van der Waals surface area contributed by atoms with Crippen LogP contribution in [0.15, 0.2) is 24.3 Å². The summed E-state index contributed by atoms with van der Waals surface area (Å²) in [6.45, 7) is 2.66. The molecule has 1 atom stereocenters. The van der Waals surface area contributed by atoms with Crippen LogP contribution in [0.3, 0.4) is 0 Å². The summed E-state index contributed by atoms with van der Waals surface area (Å²) < 4.78 is 12.8. The average Bonchev–Trinajstić information content (AvgIpc) is 2.38. The monoisotopic (exact) mass is 251 g/mol. The van der Waals surface area contributed by atoms with Gasteiger partial charge in [0, 0.05) is 12.6 Å². The molecule has 3 heteroatoms. The third kappa shape index (κ3) is 3.53. The van der Waals surface area contributed by atoms with Crippen molar-refractivity contribution < 1.29 is 9.50 Å². The van der Waals surface area contributed by atoms with E-state index in [0.29, 0.717) is 6.54 Å². The van der Waals surface area contributed by atoms with Crippen LogP contribution in [-0.2, 0) is 0 Å². The third-order valence-corrected chi connectivity index (χ3v) is 3.89. The summed E-state index contributed by atoms with van der Waals surface area (Å²) in [6, 6.07) is 6.66. The van der Waals surface area contributed by atoms with Crippen LogP contribution < -0.4 is 5.32 Å². The van der Waals surface area contributed by atoms with E-state index in [2.05, 4.69) is 5.32 Å². The Bertz CT molecular complexity index is 371. The first-order chi connectivity index (χ1) is 8.59. The fourth-order valence-electron chi connectivity index (χ4n) is 2.60. The lowest BCUT2D eigenvalue weighted by Gasteiger charge is -2.33. The van der Waals surface area contributed by atoms with Crippen molar-refractivity contribution in [2.24, 2.45) is 0 Å². The molecule has 2 N–H and O–H groups in total. The topological polar surface area (TPSA) is 32.3 Å². The van der Waals surface area contributed by atoms with E-state index in [4.69, 9.17) is 0 Å². The minimum atomic E-state index is -0.549. The molecule has 0 radical (unpaired) electrons. The molecule has 0 amide bonds. The molecule has 0 saturated heterocycles. The first-order valence-corrected chi connectivity index (χ1v) is 6.80. The fraction of sp³-hybridized carbons (Fsp3) is 0.600. The highest BCUT2D eigenvalue weighted by atomic mass is 19.1. The van der Waals surface area contributed by atoms with Crippen molar-refractivity contribution in [1.82, 2.24) is 5.32 Å². The van der Waals surface area contributed by atoms with Crippen molar-refractivity contribution in [1.29, 1.82) is 0 Å². The van der Waals surface area contributed by atoms with Crippen LogP contribution in [0.2, 0.25) is 0 Å². The maximum atomic E-state index is 12.8. The Kier molecular flexibility index (Phi) is 4.36. The number of benzene rings is 1. The van der Waals surface area contributed by atoms with Gasteiger partial charge in [0.1, 0.15) is 5.82 Å². The zero-order valence-electron chi connectivity index (χ0n) is 11.0. The predicted octanol–water partition coefficient (Wildman–Crippen LogP) is 3.17. The summed E-state index contributed by atoms with van der Waals surface area (Å²) in [4.78, 5) is 0. The van der Waals surface area contributed by atoms with E-state index in [0.717, 1.165) is 31.2 Å². The lowest BCUT2D eigenvalue weighted by atomic mass is 9.84. The van der Waals surface area contributed by atoms with Gasteiger partial charge in [-0.05, 0) is 37.5 Å². The molecule has 2 nitrogen and oxygen atoms in total. The Hall–Kier alpha value is -0.930. The van der Waals surface area contributed by atoms with Gasteiger partial charge in [-0.1, -0.05) is 31.4 Å². The van der Waals surface area contributed by atoms with E-state index in [1.165, 1.54) is 18.6 Å². The molecular formula is C15H22FNO. The number of aliphatic hydroxyl groups is 1. The number of hydrogen-bond donors (Lipinski definition) is 2. The number of hydrogen-bond acceptors (Lipinski definition) is 2. The molecule has 0 unspecified atom stereocenters. The van der Waals surface area contributed by atoms with Crippen LogP contribution in [0, 0.1) is 5.82 Å². The van der Waals surface area contributed by atoms with Crippen molar-refractivity contribution in [2.45, 2.75) is 50.7 Å². The number of halogens is 1. The van der Waals surface area contributed by atoms with Crippen LogP contribution in [-0.4, -0.2) is 17.3 Å². The van der Waals surface area contributed by atoms with Crippen LogP contribution in [0.5, 0.6) is 0 Å². The van der Waals surface area contributed by atoms with Crippen LogP contribution in [0.4, 0.5) is 4.39 Å². The number of rotatable bonds is 4. The molecular weight excluding hydrogens is 229 g/mol. The van der Waals surface area contributed by atoms with Gasteiger partial charge in [-0.15, -0.1) is 0 Å². The molecule has 0 spiro atoms. The van der Waals surface area contributed by atoms with Crippen molar-refractivity contribution in [3.63, 3.8) is 0 Å². The summed E-state index contributed by atoms with van der Waals surface area (Å²) in [5.74, 6) is -0.211. The molecule has 1 fully saturated rings. The van der Waals surface area contributed by atoms with Gasteiger partial charge >= 0.3 is 0 Å². The Morgan fingerprint density at radius 3 is 2.44 bits per heavy atom. The van der Waals surface area contributed by atoms with Gasteiger partial charge in [0.25, 0.3) is 0 Å². The van der Waals surface area contributed by atoms with Crippen molar-refractivity contribution >= 4 is 0 Å². The first-order valence-electron chi connectivity index (χ1n) is 6.80. The minimum absolute atomic E-state index is 0.136. The molecule has 1 aliphatic rings. The highest BCUT2D eigenvalue weighted by molar-refractivity contribution is 5.19. The summed E-state index contributed by atoms with van der Waals surface area (Å²) >= 11 is 0. The first kappa shape index (κ1) is 13.5. The van der Waals surface area contributed by atoms with Crippen molar-refractivity contribution in [2.75, 3.05) is 6.54 Å². The molecule has 2 rings (SSSR count). The smallest absolute Gasteiger partial charge is 0.123 e. The standard InChI is InChI=1S/C15H22FNO/c1-12(13-5-7-14(16)8-6-13)17-11-15(18)9-3-2-4-10-15/h5-8,12,17-18H,2-4,9-11H2,1H3/t12-/m1/s1. The Labute approximate surface area is 108 Å². The molecule has 100 valence electrons. The third-order valence-electron chi connectivity index (χ3n) is 3.89. The molecule has 0 aliphatic heterocycles. The van der Waals surface area contributed by atoms with Gasteiger partial charge in [-0.3, -0.25) is 0 Å². The van der Waals surface area contributed by atoms with Crippen molar-refractivity contribution in [3.8, 4) is 0 Å². The van der Waals surface area contributed by atoms with Gasteiger partial charge in [0.2, 0.25) is 0 Å². The molecule has 1 aromatic rings. The highest BCUT2D eigenvalue weighted by Gasteiger charge is 2.29. The Morgan fingerprint density at radius 1 is 1.22 bits per heavy atom. The molecule has 1 aromatic carbocycles. The average molecular weight is 251 g/mol. The lowest BCUT2D eigenvalue weighted by Crippen LogP contribution is -2.42. The van der Waals surface area contributed by atoms with E-state index < -0.39 is 5.60 Å². The summed E-state index contributed by atoms with van der Waals surface area (Å²) in [6.07, 6.45) is 5.23. The Morgan fingerprint density at radius 2 is 1.83 bits per heavy atom. The molecule has 1 saturated carbocycles. The highest BCUT2D eigenvalue weighted by Crippen LogP contribution is 2.28. The largest absolute Gasteiger partial charge is 0.389 e. The lowest BCUT2D eigenvalue weighted by molar-refractivity contribution is 0.00300. The van der Waals surface area contributed by atoms with E-state index >= 15 is 0 Å². The normalized spacial score (nSPS) is 20.6. The quantitative estimate of drug-likeness (QED) is 0.861.